The quantitative estimate of drug-likeness (QED) is 0.260. The Morgan fingerprint density at radius 2 is 1.56 bits per heavy atom. The van der Waals surface area contributed by atoms with Crippen LogP contribution in [0.4, 0.5) is 20.2 Å². The maximum Gasteiger partial charge on any atom is 0.387 e. The second-order valence-corrected chi connectivity index (χ2v) is 10.5. The number of ether oxygens (including phenoxy) is 1. The molecule has 1 aliphatic heterocycles. The summed E-state index contributed by atoms with van der Waals surface area (Å²) in [6, 6.07) is 20.8. The van der Waals surface area contributed by atoms with Gasteiger partial charge in [-0.15, -0.1) is 12.4 Å². The number of carbonyl (C=O) groups excluding carboxylic acids is 4. The molecule has 0 aliphatic carbocycles. The third-order valence-corrected chi connectivity index (χ3v) is 7.44. The summed E-state index contributed by atoms with van der Waals surface area (Å²) < 4.78 is 31.8. The van der Waals surface area contributed by atoms with Gasteiger partial charge in [0.25, 0.3) is 11.8 Å². The van der Waals surface area contributed by atoms with E-state index in [9.17, 15) is 28.0 Å². The van der Waals surface area contributed by atoms with Gasteiger partial charge in [-0.3, -0.25) is 19.2 Å². The van der Waals surface area contributed by atoms with Crippen molar-refractivity contribution in [3.05, 3.63) is 102 Å². The molecule has 0 bridgehead atoms. The summed E-state index contributed by atoms with van der Waals surface area (Å²) in [4.78, 5) is 55.5. The van der Waals surface area contributed by atoms with E-state index in [0.29, 0.717) is 27.9 Å². The topological polar surface area (TPSA) is 122 Å². The average molecular weight is 637 g/mol. The van der Waals surface area contributed by atoms with Gasteiger partial charge >= 0.3 is 6.61 Å². The molecule has 0 radical (unpaired) electrons. The van der Waals surface area contributed by atoms with Crippen LogP contribution in [0.15, 0.2) is 84.9 Å². The largest absolute Gasteiger partial charge is 0.434 e. The Morgan fingerprint density at radius 1 is 0.933 bits per heavy atom. The van der Waals surface area contributed by atoms with Crippen LogP contribution in [0.5, 0.6) is 5.75 Å². The first kappa shape index (κ1) is 33.0. The maximum absolute atomic E-state index is 14.3. The van der Waals surface area contributed by atoms with E-state index in [-0.39, 0.29) is 42.6 Å². The number of rotatable bonds is 8. The molecular weight excluding hydrogens is 606 g/mol. The third kappa shape index (κ3) is 6.95. The summed E-state index contributed by atoms with van der Waals surface area (Å²) in [6.07, 6.45) is 0. The molecule has 3 N–H and O–H groups in total. The lowest BCUT2D eigenvalue weighted by atomic mass is 10.0. The molecule has 1 heterocycles. The van der Waals surface area contributed by atoms with Crippen LogP contribution in [0.3, 0.4) is 0 Å². The zero-order chi connectivity index (χ0) is 31.5. The highest BCUT2D eigenvalue weighted by Crippen LogP contribution is 2.38. The highest BCUT2D eigenvalue weighted by molar-refractivity contribution is 6.13. The summed E-state index contributed by atoms with van der Waals surface area (Å²) in [6.45, 7) is -0.677. The molecule has 5 rings (SSSR count). The van der Waals surface area contributed by atoms with Crippen molar-refractivity contribution >= 4 is 58.1 Å². The van der Waals surface area contributed by atoms with Crippen molar-refractivity contribution < 1.29 is 32.7 Å². The molecule has 0 spiro atoms. The molecule has 4 aromatic rings. The molecule has 0 fully saturated rings. The highest BCUT2D eigenvalue weighted by atomic mass is 35.5. The molecule has 0 saturated heterocycles. The minimum atomic E-state index is -3.11. The van der Waals surface area contributed by atoms with Gasteiger partial charge in [0, 0.05) is 16.7 Å². The van der Waals surface area contributed by atoms with E-state index in [0.717, 1.165) is 5.39 Å². The summed E-state index contributed by atoms with van der Waals surface area (Å²) in [5, 5.41) is 3.99. The molecule has 234 valence electrons. The van der Waals surface area contributed by atoms with Crippen molar-refractivity contribution in [2.75, 3.05) is 16.3 Å². The molecule has 0 aromatic heterocycles. The Balaban J connectivity index is 0.00000461. The fourth-order valence-corrected chi connectivity index (χ4v) is 5.20. The lowest BCUT2D eigenvalue weighted by Gasteiger charge is -2.27. The van der Waals surface area contributed by atoms with Gasteiger partial charge in [-0.1, -0.05) is 54.6 Å². The predicted molar refractivity (Wildman–Crippen MR) is 169 cm³/mol. The first-order valence-electron chi connectivity index (χ1n) is 13.9. The first-order valence-corrected chi connectivity index (χ1v) is 13.9. The molecule has 0 saturated carbocycles. The predicted octanol–water partition coefficient (Wildman–Crippen LogP) is 5.09. The molecule has 2 unspecified atom stereocenters. The Kier molecular flexibility index (Phi) is 10.2. The number of nitrogens with two attached hydrogens (primary N) is 1. The number of hydrogen-bond donors (Lipinski definition) is 2. The SMILES string of the molecule is CC(=O)c1ccc(C(=O)N2CC(NC(=O)C(C)N)C(=O)N(Cc3c(OC(F)F)ccc4ccccc34)c3ccccc32)cc1.Cl. The van der Waals surface area contributed by atoms with E-state index in [1.54, 1.807) is 48.5 Å². The normalized spacial score (nSPS) is 15.2. The van der Waals surface area contributed by atoms with E-state index < -0.39 is 36.4 Å². The summed E-state index contributed by atoms with van der Waals surface area (Å²) in [7, 11) is 0. The van der Waals surface area contributed by atoms with Crippen molar-refractivity contribution in [2.24, 2.45) is 5.73 Å². The minimum absolute atomic E-state index is 0. The number of benzene rings is 4. The standard InChI is InChI=1S/C33H30F2N4O5.ClH/c1-19(36)30(41)37-26-18-39(31(42)23-13-11-21(12-14-23)20(2)40)28-10-6-5-9-27(28)38(32(26)43)17-25-24-8-4-3-7-22(24)15-16-29(25)44-33(34)35;/h3-16,19,26,33H,17-18,36H2,1-2H3,(H,37,41);1H. The van der Waals surface area contributed by atoms with Crippen molar-refractivity contribution in [3.8, 4) is 5.75 Å². The zero-order valence-corrected chi connectivity index (χ0v) is 25.2. The van der Waals surface area contributed by atoms with Crippen LogP contribution in [0, 0.1) is 0 Å². The van der Waals surface area contributed by atoms with Gasteiger partial charge in [0.1, 0.15) is 11.8 Å². The van der Waals surface area contributed by atoms with Crippen molar-refractivity contribution in [3.63, 3.8) is 0 Å². The first-order chi connectivity index (χ1) is 21.0. The summed E-state index contributed by atoms with van der Waals surface area (Å²) in [5.41, 5.74) is 7.48. The number of nitrogens with zero attached hydrogens (tertiary/aromatic N) is 2. The van der Waals surface area contributed by atoms with Gasteiger partial charge in [-0.05, 0) is 55.0 Å². The monoisotopic (exact) mass is 636 g/mol. The van der Waals surface area contributed by atoms with E-state index in [4.69, 9.17) is 10.5 Å². The number of fused-ring (bicyclic) bond motifs is 2. The number of anilines is 2. The van der Waals surface area contributed by atoms with Crippen LogP contribution >= 0.6 is 12.4 Å². The lowest BCUT2D eigenvalue weighted by molar-refractivity contribution is -0.127. The van der Waals surface area contributed by atoms with Gasteiger partial charge in [0.2, 0.25) is 5.91 Å². The van der Waals surface area contributed by atoms with Gasteiger partial charge < -0.3 is 25.6 Å². The van der Waals surface area contributed by atoms with Crippen LogP contribution in [0.25, 0.3) is 10.8 Å². The second-order valence-electron chi connectivity index (χ2n) is 10.5. The molecule has 3 amide bonds. The Morgan fingerprint density at radius 3 is 2.20 bits per heavy atom. The van der Waals surface area contributed by atoms with Crippen molar-refractivity contribution in [2.45, 2.75) is 39.1 Å². The molecule has 12 heteroatoms. The summed E-state index contributed by atoms with van der Waals surface area (Å²) in [5.74, 6) is -1.94. The number of halogens is 3. The molecule has 9 nitrogen and oxygen atoms in total. The Bertz CT molecular complexity index is 1750. The number of Topliss-reactive ketones (excluding diaryl/α,β-unsaturated/α-hetero) is 1. The number of para-hydroxylation sites is 2. The average Bonchev–Trinajstić information content (AvgIpc) is 3.12. The molecular formula is C33H31ClF2N4O5. The van der Waals surface area contributed by atoms with Crippen LogP contribution in [0.1, 0.15) is 40.1 Å². The van der Waals surface area contributed by atoms with Gasteiger partial charge in [0.15, 0.2) is 5.78 Å². The number of nitrogens with one attached hydrogen (secondary N) is 1. The lowest BCUT2D eigenvalue weighted by Crippen LogP contribution is -2.55. The van der Waals surface area contributed by atoms with Gasteiger partial charge in [-0.25, -0.2) is 0 Å². The number of ketones is 1. The van der Waals surface area contributed by atoms with Crippen molar-refractivity contribution in [1.29, 1.82) is 0 Å². The zero-order valence-electron chi connectivity index (χ0n) is 24.4. The fourth-order valence-electron chi connectivity index (χ4n) is 5.20. The van der Waals surface area contributed by atoms with E-state index in [1.165, 1.54) is 54.0 Å². The molecule has 2 atom stereocenters. The van der Waals surface area contributed by atoms with E-state index in [2.05, 4.69) is 5.32 Å². The smallest absolute Gasteiger partial charge is 0.387 e. The van der Waals surface area contributed by atoms with Crippen LogP contribution in [-0.2, 0) is 16.1 Å². The maximum atomic E-state index is 14.3. The van der Waals surface area contributed by atoms with E-state index >= 15 is 0 Å². The van der Waals surface area contributed by atoms with Gasteiger partial charge in [0.05, 0.1) is 30.5 Å². The van der Waals surface area contributed by atoms with Gasteiger partial charge in [-0.2, -0.15) is 8.78 Å². The Hall–Kier alpha value is -4.87. The highest BCUT2D eigenvalue weighted by Gasteiger charge is 2.38. The minimum Gasteiger partial charge on any atom is -0.434 e. The molecule has 4 aromatic carbocycles. The number of carbonyl (C=O) groups is 4. The molecule has 1 aliphatic rings. The summed E-state index contributed by atoms with van der Waals surface area (Å²) >= 11 is 0. The number of hydrogen-bond acceptors (Lipinski definition) is 6. The number of alkyl halides is 2. The Labute approximate surface area is 264 Å². The van der Waals surface area contributed by atoms with E-state index in [1.807, 2.05) is 6.07 Å². The van der Waals surface area contributed by atoms with Crippen LogP contribution < -0.4 is 25.6 Å². The third-order valence-electron chi connectivity index (χ3n) is 7.44. The molecule has 45 heavy (non-hydrogen) atoms. The van der Waals surface area contributed by atoms with Crippen molar-refractivity contribution in [1.82, 2.24) is 5.32 Å². The fraction of sp³-hybridized carbons (Fsp3) is 0.212. The van der Waals surface area contributed by atoms with Crippen LogP contribution in [-0.4, -0.2) is 48.7 Å². The second kappa shape index (κ2) is 13.8. The van der Waals surface area contributed by atoms with Crippen LogP contribution in [0.2, 0.25) is 0 Å². The number of amides is 3.